The Balaban J connectivity index is 1.31. The van der Waals surface area contributed by atoms with Crippen molar-refractivity contribution in [1.82, 2.24) is 29.3 Å². The van der Waals surface area contributed by atoms with Gasteiger partial charge in [-0.15, -0.1) is 10.2 Å². The lowest BCUT2D eigenvalue weighted by Crippen LogP contribution is -2.61. The number of aromatic nitrogens is 5. The molecule has 0 radical (unpaired) electrons. The summed E-state index contributed by atoms with van der Waals surface area (Å²) in [5.41, 5.74) is 2.64. The van der Waals surface area contributed by atoms with Crippen molar-refractivity contribution in [3.63, 3.8) is 0 Å². The Bertz CT molecular complexity index is 1230. The highest BCUT2D eigenvalue weighted by Crippen LogP contribution is 2.60. The van der Waals surface area contributed by atoms with Gasteiger partial charge in [0.1, 0.15) is 5.82 Å². The Kier molecular flexibility index (Phi) is 3.10. The van der Waals surface area contributed by atoms with E-state index in [2.05, 4.69) is 29.3 Å². The number of hydrogen-bond donors (Lipinski definition) is 2. The van der Waals surface area contributed by atoms with Gasteiger partial charge in [0.05, 0.1) is 17.0 Å². The van der Waals surface area contributed by atoms with Crippen molar-refractivity contribution in [3.8, 4) is 0 Å². The zero-order valence-electron chi connectivity index (χ0n) is 16.1. The van der Waals surface area contributed by atoms with Crippen LogP contribution in [0.15, 0.2) is 18.5 Å². The molecule has 8 rings (SSSR count). The van der Waals surface area contributed by atoms with E-state index < -0.39 is 10.0 Å². The van der Waals surface area contributed by atoms with Gasteiger partial charge in [-0.2, -0.15) is 0 Å². The van der Waals surface area contributed by atoms with Crippen LogP contribution < -0.4 is 4.72 Å². The number of H-pyrrole nitrogens is 1. The molecule has 8 nitrogen and oxygen atoms in total. The standard InChI is InChI=1S/C20H24N6O2S/c27-29(28,14-1-2-14)25-17-12-5-11-6-13(17)9-20(7-11,8-12)19-24-23-16-10-22-18-15(26(16)19)3-4-21-18/h3-4,10-14,17,21,25H,1-2,5-9H2/t11-,12+,13?,17?,20?/m0/s1. The third-order valence-electron chi connectivity index (χ3n) is 7.95. The van der Waals surface area contributed by atoms with Gasteiger partial charge in [-0.05, 0) is 68.8 Å². The second kappa shape index (κ2) is 5.37. The SMILES string of the molecule is O=S(=O)(NC1C2C[C@@H]3C[C@@H]1CC(c1nnc4cnc5[nH]ccc5n14)(C2)C3)C1CC1. The van der Waals surface area contributed by atoms with Gasteiger partial charge >= 0.3 is 0 Å². The highest BCUT2D eigenvalue weighted by molar-refractivity contribution is 7.90. The first-order valence-electron chi connectivity index (χ1n) is 10.7. The van der Waals surface area contributed by atoms with Crippen LogP contribution in [0.4, 0.5) is 0 Å². The predicted molar refractivity (Wildman–Crippen MR) is 107 cm³/mol. The summed E-state index contributed by atoms with van der Waals surface area (Å²) in [5, 5.41) is 8.96. The molecule has 5 saturated carbocycles. The lowest BCUT2D eigenvalue weighted by Gasteiger charge is -2.59. The number of nitrogens with zero attached hydrogens (tertiary/aromatic N) is 4. The number of sulfonamides is 1. The predicted octanol–water partition coefficient (Wildman–Crippen LogP) is 2.13. The van der Waals surface area contributed by atoms with Gasteiger partial charge in [0.2, 0.25) is 10.0 Å². The van der Waals surface area contributed by atoms with Gasteiger partial charge in [0.25, 0.3) is 0 Å². The summed E-state index contributed by atoms with van der Waals surface area (Å²) in [5.74, 6) is 2.49. The van der Waals surface area contributed by atoms with E-state index in [0.29, 0.717) is 17.8 Å². The third kappa shape index (κ3) is 2.28. The minimum atomic E-state index is -3.16. The van der Waals surface area contributed by atoms with Crippen LogP contribution in [0.2, 0.25) is 0 Å². The molecule has 3 aromatic heterocycles. The van der Waals surface area contributed by atoms with Crippen molar-refractivity contribution in [1.29, 1.82) is 0 Å². The van der Waals surface area contributed by atoms with Gasteiger partial charge in [-0.25, -0.2) is 18.1 Å². The van der Waals surface area contributed by atoms with Crippen molar-refractivity contribution in [2.75, 3.05) is 0 Å². The highest BCUT2D eigenvalue weighted by Gasteiger charge is 2.58. The monoisotopic (exact) mass is 412 g/mol. The van der Waals surface area contributed by atoms with Gasteiger partial charge in [0, 0.05) is 17.7 Å². The second-order valence-electron chi connectivity index (χ2n) is 9.83. The summed E-state index contributed by atoms with van der Waals surface area (Å²) in [7, 11) is -3.16. The Morgan fingerprint density at radius 3 is 2.69 bits per heavy atom. The summed E-state index contributed by atoms with van der Waals surface area (Å²) in [6, 6.07) is 2.13. The Morgan fingerprint density at radius 2 is 1.93 bits per heavy atom. The molecule has 0 aliphatic heterocycles. The molecule has 0 aromatic carbocycles. The highest BCUT2D eigenvalue weighted by atomic mass is 32.2. The molecule has 9 heteroatoms. The van der Waals surface area contributed by atoms with Gasteiger partial charge < -0.3 is 4.98 Å². The molecule has 3 unspecified atom stereocenters. The number of rotatable bonds is 4. The minimum absolute atomic E-state index is 0.0109. The van der Waals surface area contributed by atoms with E-state index in [1.807, 2.05) is 12.3 Å². The average molecular weight is 413 g/mol. The number of aromatic amines is 1. The van der Waals surface area contributed by atoms with Crippen LogP contribution in [-0.2, 0) is 15.4 Å². The Labute approximate surface area is 168 Å². The smallest absolute Gasteiger partial charge is 0.214 e. The molecule has 5 atom stereocenters. The van der Waals surface area contributed by atoms with Crippen molar-refractivity contribution < 1.29 is 8.42 Å². The molecular formula is C20H24N6O2S. The molecule has 152 valence electrons. The van der Waals surface area contributed by atoms with Crippen LogP contribution in [0.3, 0.4) is 0 Å². The summed E-state index contributed by atoms with van der Waals surface area (Å²) >= 11 is 0. The van der Waals surface area contributed by atoms with Crippen LogP contribution >= 0.6 is 0 Å². The molecule has 0 amide bonds. The lowest BCUT2D eigenvalue weighted by molar-refractivity contribution is -0.0318. The fraction of sp³-hybridized carbons (Fsp3) is 0.650. The van der Waals surface area contributed by atoms with E-state index in [1.165, 1.54) is 0 Å². The summed E-state index contributed by atoms with van der Waals surface area (Å²) in [6.45, 7) is 0. The quantitative estimate of drug-likeness (QED) is 0.683. The molecule has 2 N–H and O–H groups in total. The number of hydrogen-bond acceptors (Lipinski definition) is 5. The number of nitrogens with one attached hydrogen (secondary N) is 2. The van der Waals surface area contributed by atoms with Crippen molar-refractivity contribution in [3.05, 3.63) is 24.3 Å². The van der Waals surface area contributed by atoms with Crippen LogP contribution in [0.1, 0.15) is 50.8 Å². The zero-order chi connectivity index (χ0) is 19.4. The lowest BCUT2D eigenvalue weighted by atomic mass is 9.48. The third-order valence-corrected chi connectivity index (χ3v) is 9.90. The van der Waals surface area contributed by atoms with Crippen molar-refractivity contribution in [2.24, 2.45) is 17.8 Å². The molecule has 5 aliphatic carbocycles. The molecule has 29 heavy (non-hydrogen) atoms. The largest absolute Gasteiger partial charge is 0.345 e. The van der Waals surface area contributed by atoms with Crippen LogP contribution in [0, 0.1) is 17.8 Å². The molecule has 0 saturated heterocycles. The summed E-state index contributed by atoms with van der Waals surface area (Å²) < 4.78 is 30.6. The Morgan fingerprint density at radius 1 is 1.14 bits per heavy atom. The first kappa shape index (κ1) is 16.8. The van der Waals surface area contributed by atoms with Crippen LogP contribution in [-0.4, -0.2) is 44.3 Å². The maximum Gasteiger partial charge on any atom is 0.214 e. The van der Waals surface area contributed by atoms with E-state index in [0.717, 1.165) is 67.6 Å². The summed E-state index contributed by atoms with van der Waals surface area (Å²) in [4.78, 5) is 7.64. The maximum absolute atomic E-state index is 12.6. The molecule has 4 bridgehead atoms. The molecule has 5 fully saturated rings. The summed E-state index contributed by atoms with van der Waals surface area (Å²) in [6.07, 6.45) is 10.7. The molecule has 3 heterocycles. The van der Waals surface area contributed by atoms with E-state index >= 15 is 0 Å². The van der Waals surface area contributed by atoms with E-state index in [9.17, 15) is 8.42 Å². The topological polar surface area (TPSA) is 105 Å². The van der Waals surface area contributed by atoms with E-state index in [4.69, 9.17) is 0 Å². The molecule has 3 aromatic rings. The molecular weight excluding hydrogens is 388 g/mol. The second-order valence-corrected chi connectivity index (χ2v) is 11.8. The van der Waals surface area contributed by atoms with E-state index in [1.54, 1.807) is 6.20 Å². The molecule has 5 aliphatic rings. The van der Waals surface area contributed by atoms with Crippen molar-refractivity contribution in [2.45, 2.75) is 61.7 Å². The van der Waals surface area contributed by atoms with Crippen molar-refractivity contribution >= 4 is 26.8 Å². The van der Waals surface area contributed by atoms with Crippen LogP contribution in [0.25, 0.3) is 16.8 Å². The average Bonchev–Trinajstić information content (AvgIpc) is 3.28. The van der Waals surface area contributed by atoms with Gasteiger partial charge in [0.15, 0.2) is 11.3 Å². The van der Waals surface area contributed by atoms with Gasteiger partial charge in [-0.3, -0.25) is 4.40 Å². The van der Waals surface area contributed by atoms with Gasteiger partial charge in [-0.1, -0.05) is 0 Å². The fourth-order valence-corrected chi connectivity index (χ4v) is 8.59. The molecule has 0 spiro atoms. The van der Waals surface area contributed by atoms with Crippen LogP contribution in [0.5, 0.6) is 0 Å². The van der Waals surface area contributed by atoms with E-state index in [-0.39, 0.29) is 16.7 Å². The minimum Gasteiger partial charge on any atom is -0.345 e. The normalized spacial score (nSPS) is 36.4. The first-order valence-corrected chi connectivity index (χ1v) is 12.3. The fourth-order valence-electron chi connectivity index (χ4n) is 6.87. The Hall–Kier alpha value is -2.00. The number of fused-ring (bicyclic) bond motifs is 3. The zero-order valence-corrected chi connectivity index (χ0v) is 16.9. The maximum atomic E-state index is 12.6. The first-order chi connectivity index (χ1) is 14.0.